The lowest BCUT2D eigenvalue weighted by Gasteiger charge is -2.21. The van der Waals surface area contributed by atoms with Gasteiger partial charge in [0.15, 0.2) is 0 Å². The topological polar surface area (TPSA) is 46.3 Å². The zero-order valence-electron chi connectivity index (χ0n) is 11.3. The Morgan fingerprint density at radius 3 is 2.75 bits per heavy atom. The molecule has 1 aromatic carbocycles. The molecule has 0 saturated carbocycles. The molecule has 5 heteroatoms. The van der Waals surface area contributed by atoms with Crippen molar-refractivity contribution in [3.05, 3.63) is 51.2 Å². The van der Waals surface area contributed by atoms with Gasteiger partial charge < -0.3 is 10.6 Å². The van der Waals surface area contributed by atoms with Crippen molar-refractivity contribution in [2.24, 2.45) is 0 Å². The number of nitrogens with two attached hydrogens (primary N) is 1. The van der Waals surface area contributed by atoms with Gasteiger partial charge in [-0.1, -0.05) is 30.7 Å². The van der Waals surface area contributed by atoms with Gasteiger partial charge in [-0.15, -0.1) is 11.3 Å². The first-order chi connectivity index (χ1) is 9.60. The first kappa shape index (κ1) is 14.9. The van der Waals surface area contributed by atoms with E-state index in [0.29, 0.717) is 28.0 Å². The summed E-state index contributed by atoms with van der Waals surface area (Å²) in [6.07, 6.45) is 0.910. The molecule has 106 valence electrons. The van der Waals surface area contributed by atoms with Gasteiger partial charge in [0, 0.05) is 18.8 Å². The van der Waals surface area contributed by atoms with Gasteiger partial charge in [0.25, 0.3) is 5.91 Å². The third-order valence-electron chi connectivity index (χ3n) is 2.89. The van der Waals surface area contributed by atoms with Crippen molar-refractivity contribution in [2.75, 3.05) is 12.3 Å². The van der Waals surface area contributed by atoms with Crippen LogP contribution in [-0.4, -0.2) is 17.4 Å². The molecule has 0 bridgehead atoms. The van der Waals surface area contributed by atoms with Gasteiger partial charge in [0.2, 0.25) is 0 Å². The summed E-state index contributed by atoms with van der Waals surface area (Å²) < 4.78 is 0.633. The van der Waals surface area contributed by atoms with E-state index in [1.54, 1.807) is 12.1 Å². The number of carbonyl (C=O) groups is 1. The molecule has 0 unspecified atom stereocenters. The normalized spacial score (nSPS) is 10.5. The molecule has 2 aromatic rings. The number of rotatable bonds is 5. The van der Waals surface area contributed by atoms with Crippen LogP contribution in [0, 0.1) is 0 Å². The Morgan fingerprint density at radius 1 is 1.35 bits per heavy atom. The predicted molar refractivity (Wildman–Crippen MR) is 85.2 cm³/mol. The van der Waals surface area contributed by atoms with Crippen LogP contribution >= 0.6 is 22.9 Å². The van der Waals surface area contributed by atoms with Crippen LogP contribution < -0.4 is 5.73 Å². The largest absolute Gasteiger partial charge is 0.399 e. The molecule has 0 aliphatic heterocycles. The molecule has 2 rings (SSSR count). The number of hydrogen-bond donors (Lipinski definition) is 1. The van der Waals surface area contributed by atoms with Crippen molar-refractivity contribution >= 4 is 34.5 Å². The second-order valence-electron chi connectivity index (χ2n) is 4.58. The number of carbonyl (C=O) groups excluding carboxylic acids is 1. The second-order valence-corrected chi connectivity index (χ2v) is 6.29. The Labute approximate surface area is 128 Å². The number of anilines is 1. The quantitative estimate of drug-likeness (QED) is 0.847. The van der Waals surface area contributed by atoms with Crippen molar-refractivity contribution in [3.63, 3.8) is 0 Å². The maximum absolute atomic E-state index is 12.5. The molecule has 2 N–H and O–H groups in total. The minimum absolute atomic E-state index is 0.0196. The molecule has 0 atom stereocenters. The Balaban J connectivity index is 2.16. The Kier molecular flexibility index (Phi) is 5.04. The molecule has 0 fully saturated rings. The van der Waals surface area contributed by atoms with Crippen molar-refractivity contribution in [1.29, 1.82) is 0 Å². The number of benzene rings is 1. The third kappa shape index (κ3) is 3.74. The average molecular weight is 309 g/mol. The summed E-state index contributed by atoms with van der Waals surface area (Å²) in [7, 11) is 0. The highest BCUT2D eigenvalue weighted by Gasteiger charge is 2.17. The molecule has 1 amide bonds. The molecule has 0 aliphatic rings. The van der Waals surface area contributed by atoms with Gasteiger partial charge in [-0.2, -0.15) is 0 Å². The van der Waals surface area contributed by atoms with E-state index in [2.05, 4.69) is 6.92 Å². The van der Waals surface area contributed by atoms with E-state index >= 15 is 0 Å². The van der Waals surface area contributed by atoms with Crippen molar-refractivity contribution in [1.82, 2.24) is 4.90 Å². The lowest BCUT2D eigenvalue weighted by Crippen LogP contribution is -2.30. The van der Waals surface area contributed by atoms with E-state index in [1.807, 2.05) is 29.2 Å². The van der Waals surface area contributed by atoms with Gasteiger partial charge in [-0.3, -0.25) is 4.79 Å². The highest BCUT2D eigenvalue weighted by atomic mass is 35.5. The number of thiophene rings is 1. The van der Waals surface area contributed by atoms with Crippen LogP contribution in [0.25, 0.3) is 0 Å². The van der Waals surface area contributed by atoms with Crippen LogP contribution in [0.4, 0.5) is 5.69 Å². The van der Waals surface area contributed by atoms with Crippen LogP contribution in [0.5, 0.6) is 0 Å². The van der Waals surface area contributed by atoms with Gasteiger partial charge in [0.1, 0.15) is 0 Å². The molecule has 20 heavy (non-hydrogen) atoms. The summed E-state index contributed by atoms with van der Waals surface area (Å²) in [4.78, 5) is 15.0. The first-order valence-electron chi connectivity index (χ1n) is 6.49. The van der Waals surface area contributed by atoms with E-state index in [0.717, 1.165) is 12.0 Å². The van der Waals surface area contributed by atoms with Crippen LogP contribution in [0.15, 0.2) is 36.4 Å². The number of halogens is 1. The smallest absolute Gasteiger partial charge is 0.264 e. The van der Waals surface area contributed by atoms with E-state index in [1.165, 1.54) is 11.3 Å². The molecule has 3 nitrogen and oxygen atoms in total. The third-order valence-corrected chi connectivity index (χ3v) is 4.11. The standard InChI is InChI=1S/C15H17ClN2OS/c1-2-8-18(10-11-4-3-5-12(17)9-11)15(19)13-6-7-14(16)20-13/h3-7,9H,2,8,10,17H2,1H3. The molecule has 0 saturated heterocycles. The molecular formula is C15H17ClN2OS. The fourth-order valence-electron chi connectivity index (χ4n) is 2.02. The Morgan fingerprint density at radius 2 is 2.15 bits per heavy atom. The van der Waals surface area contributed by atoms with Crippen LogP contribution in [0.1, 0.15) is 28.6 Å². The lowest BCUT2D eigenvalue weighted by molar-refractivity contribution is 0.0748. The number of hydrogen-bond acceptors (Lipinski definition) is 3. The van der Waals surface area contributed by atoms with Gasteiger partial charge in [0.05, 0.1) is 9.21 Å². The first-order valence-corrected chi connectivity index (χ1v) is 7.68. The van der Waals surface area contributed by atoms with Crippen molar-refractivity contribution in [3.8, 4) is 0 Å². The maximum Gasteiger partial charge on any atom is 0.264 e. The summed E-state index contributed by atoms with van der Waals surface area (Å²) in [6, 6.07) is 11.2. The summed E-state index contributed by atoms with van der Waals surface area (Å²) >= 11 is 7.21. The van der Waals surface area contributed by atoms with Crippen LogP contribution in [0.3, 0.4) is 0 Å². The van der Waals surface area contributed by atoms with Gasteiger partial charge in [-0.25, -0.2) is 0 Å². The van der Waals surface area contributed by atoms with Crippen molar-refractivity contribution in [2.45, 2.75) is 19.9 Å². The number of nitrogens with zero attached hydrogens (tertiary/aromatic N) is 1. The number of amides is 1. The molecule has 0 radical (unpaired) electrons. The minimum atomic E-state index is 0.0196. The highest BCUT2D eigenvalue weighted by Crippen LogP contribution is 2.23. The van der Waals surface area contributed by atoms with Gasteiger partial charge in [-0.05, 0) is 36.2 Å². The lowest BCUT2D eigenvalue weighted by atomic mass is 10.2. The van der Waals surface area contributed by atoms with E-state index in [-0.39, 0.29) is 5.91 Å². The molecule has 1 heterocycles. The summed E-state index contributed by atoms with van der Waals surface area (Å²) in [5.41, 5.74) is 7.53. The predicted octanol–water partition coefficient (Wildman–Crippen LogP) is 4.04. The summed E-state index contributed by atoms with van der Waals surface area (Å²) in [5, 5.41) is 0. The Bertz CT molecular complexity index is 597. The SMILES string of the molecule is CCCN(Cc1cccc(N)c1)C(=O)c1ccc(Cl)s1. The minimum Gasteiger partial charge on any atom is -0.399 e. The van der Waals surface area contributed by atoms with E-state index in [4.69, 9.17) is 17.3 Å². The average Bonchev–Trinajstić information content (AvgIpc) is 2.84. The fourth-order valence-corrected chi connectivity index (χ4v) is 3.03. The molecule has 0 spiro atoms. The zero-order chi connectivity index (χ0) is 14.5. The van der Waals surface area contributed by atoms with Crippen LogP contribution in [0.2, 0.25) is 4.34 Å². The summed E-state index contributed by atoms with van der Waals surface area (Å²) in [6.45, 7) is 3.33. The highest BCUT2D eigenvalue weighted by molar-refractivity contribution is 7.17. The van der Waals surface area contributed by atoms with Gasteiger partial charge >= 0.3 is 0 Å². The monoisotopic (exact) mass is 308 g/mol. The maximum atomic E-state index is 12.5. The van der Waals surface area contributed by atoms with Crippen molar-refractivity contribution < 1.29 is 4.79 Å². The van der Waals surface area contributed by atoms with E-state index < -0.39 is 0 Å². The van der Waals surface area contributed by atoms with Crippen LogP contribution in [-0.2, 0) is 6.54 Å². The Hall–Kier alpha value is -1.52. The number of nitrogen functional groups attached to an aromatic ring is 1. The van der Waals surface area contributed by atoms with E-state index in [9.17, 15) is 4.79 Å². The fraction of sp³-hybridized carbons (Fsp3) is 0.267. The zero-order valence-corrected chi connectivity index (χ0v) is 12.9. The molecule has 0 aliphatic carbocycles. The second kappa shape index (κ2) is 6.77. The summed E-state index contributed by atoms with van der Waals surface area (Å²) in [5.74, 6) is 0.0196. The molecular weight excluding hydrogens is 292 g/mol. The molecule has 1 aromatic heterocycles.